The lowest BCUT2D eigenvalue weighted by atomic mass is 9.95. The van der Waals surface area contributed by atoms with Crippen LogP contribution in [0.2, 0.25) is 5.02 Å². The van der Waals surface area contributed by atoms with Crippen molar-refractivity contribution in [3.05, 3.63) is 64.2 Å². The van der Waals surface area contributed by atoms with E-state index >= 15 is 0 Å². The van der Waals surface area contributed by atoms with Gasteiger partial charge in [-0.25, -0.2) is 0 Å². The molecule has 2 amide bonds. The van der Waals surface area contributed by atoms with Crippen molar-refractivity contribution in [2.24, 2.45) is 11.7 Å². The minimum atomic E-state index is -0.488. The van der Waals surface area contributed by atoms with E-state index in [1.807, 2.05) is 18.2 Å². The maximum absolute atomic E-state index is 12.6. The molecule has 142 valence electrons. The Morgan fingerprint density at radius 1 is 1.19 bits per heavy atom. The van der Waals surface area contributed by atoms with Gasteiger partial charge in [0.2, 0.25) is 11.8 Å². The number of piperidine rings is 1. The van der Waals surface area contributed by atoms with Crippen LogP contribution in [0, 0.1) is 12.8 Å². The molecule has 1 heterocycles. The summed E-state index contributed by atoms with van der Waals surface area (Å²) in [6, 6.07) is 13.1. The number of likely N-dealkylation sites (tertiary alicyclic amines) is 1. The van der Waals surface area contributed by atoms with Gasteiger partial charge in [-0.05, 0) is 68.2 Å². The third kappa shape index (κ3) is 4.87. The molecule has 0 aromatic heterocycles. The minimum Gasteiger partial charge on any atom is -0.366 e. The first-order chi connectivity index (χ1) is 12.9. The number of nitrogens with two attached hydrogens (primary N) is 1. The summed E-state index contributed by atoms with van der Waals surface area (Å²) in [7, 11) is 0. The molecule has 0 radical (unpaired) electrons. The second-order valence-electron chi connectivity index (χ2n) is 7.01. The normalized spacial score (nSPS) is 15.5. The molecule has 1 saturated heterocycles. The van der Waals surface area contributed by atoms with Gasteiger partial charge in [0.1, 0.15) is 0 Å². The molecule has 2 aromatic carbocycles. The molecule has 0 unspecified atom stereocenters. The van der Waals surface area contributed by atoms with Gasteiger partial charge >= 0.3 is 0 Å². The van der Waals surface area contributed by atoms with E-state index in [1.54, 1.807) is 25.1 Å². The second-order valence-corrected chi connectivity index (χ2v) is 7.45. The molecule has 0 aliphatic carbocycles. The minimum absolute atomic E-state index is 0.00197. The molecule has 1 aliphatic heterocycles. The largest absolute Gasteiger partial charge is 0.366 e. The van der Waals surface area contributed by atoms with Gasteiger partial charge in [-0.3, -0.25) is 14.5 Å². The Morgan fingerprint density at radius 2 is 1.89 bits per heavy atom. The van der Waals surface area contributed by atoms with E-state index < -0.39 is 5.91 Å². The number of anilines is 1. The van der Waals surface area contributed by atoms with Gasteiger partial charge < -0.3 is 11.1 Å². The quantitative estimate of drug-likeness (QED) is 0.825. The summed E-state index contributed by atoms with van der Waals surface area (Å²) in [4.78, 5) is 26.5. The van der Waals surface area contributed by atoms with Crippen LogP contribution >= 0.6 is 11.6 Å². The number of nitrogens with one attached hydrogen (secondary N) is 1. The Balaban J connectivity index is 1.56. The third-order valence-electron chi connectivity index (χ3n) is 5.11. The highest BCUT2D eigenvalue weighted by Gasteiger charge is 2.25. The van der Waals surface area contributed by atoms with Crippen LogP contribution < -0.4 is 11.1 Å². The van der Waals surface area contributed by atoms with E-state index in [2.05, 4.69) is 16.3 Å². The Kier molecular flexibility index (Phi) is 6.14. The van der Waals surface area contributed by atoms with E-state index in [-0.39, 0.29) is 11.8 Å². The summed E-state index contributed by atoms with van der Waals surface area (Å²) in [5.74, 6) is -0.516. The van der Waals surface area contributed by atoms with Crippen LogP contribution in [0.5, 0.6) is 0 Å². The number of carbonyl (C=O) groups is 2. The summed E-state index contributed by atoms with van der Waals surface area (Å²) in [5.41, 5.74) is 8.35. The van der Waals surface area contributed by atoms with Gasteiger partial charge in [-0.2, -0.15) is 0 Å². The Morgan fingerprint density at radius 3 is 2.56 bits per heavy atom. The number of amides is 2. The standard InChI is InChI=1S/C21H24ClN3O2/c1-14-18(20(23)26)6-3-7-19(14)24-21(27)16-8-10-25(11-9-16)13-15-4-2-5-17(22)12-15/h2-7,12,16H,8-11,13H2,1H3,(H2,23,26)(H,24,27). The molecule has 27 heavy (non-hydrogen) atoms. The maximum atomic E-state index is 12.6. The molecule has 0 atom stereocenters. The predicted molar refractivity (Wildman–Crippen MR) is 108 cm³/mol. The fraction of sp³-hybridized carbons (Fsp3) is 0.333. The molecule has 3 rings (SSSR count). The van der Waals surface area contributed by atoms with Crippen molar-refractivity contribution in [1.82, 2.24) is 4.90 Å². The molecule has 1 aliphatic rings. The van der Waals surface area contributed by atoms with Crippen LogP contribution in [-0.2, 0) is 11.3 Å². The second kappa shape index (κ2) is 8.55. The molecular weight excluding hydrogens is 362 g/mol. The van der Waals surface area contributed by atoms with Crippen LogP contribution in [0.4, 0.5) is 5.69 Å². The highest BCUT2D eigenvalue weighted by Crippen LogP contribution is 2.24. The smallest absolute Gasteiger partial charge is 0.249 e. The van der Waals surface area contributed by atoms with E-state index in [1.165, 1.54) is 5.56 Å². The van der Waals surface area contributed by atoms with Crippen LogP contribution in [0.25, 0.3) is 0 Å². The van der Waals surface area contributed by atoms with Crippen molar-refractivity contribution in [2.45, 2.75) is 26.3 Å². The molecule has 0 spiro atoms. The zero-order chi connectivity index (χ0) is 19.4. The van der Waals surface area contributed by atoms with Crippen molar-refractivity contribution in [3.63, 3.8) is 0 Å². The summed E-state index contributed by atoms with van der Waals surface area (Å²) in [6.45, 7) is 4.37. The summed E-state index contributed by atoms with van der Waals surface area (Å²) in [6.07, 6.45) is 1.61. The van der Waals surface area contributed by atoms with Crippen molar-refractivity contribution in [2.75, 3.05) is 18.4 Å². The third-order valence-corrected chi connectivity index (χ3v) is 5.35. The molecule has 2 aromatic rings. The van der Waals surface area contributed by atoms with Crippen molar-refractivity contribution < 1.29 is 9.59 Å². The van der Waals surface area contributed by atoms with Crippen LogP contribution in [0.15, 0.2) is 42.5 Å². The average molecular weight is 386 g/mol. The first kappa shape index (κ1) is 19.4. The first-order valence-corrected chi connectivity index (χ1v) is 9.49. The lowest BCUT2D eigenvalue weighted by Gasteiger charge is -2.31. The van der Waals surface area contributed by atoms with Gasteiger partial charge in [0.25, 0.3) is 0 Å². The number of carbonyl (C=O) groups excluding carboxylic acids is 2. The fourth-order valence-corrected chi connectivity index (χ4v) is 3.73. The number of benzene rings is 2. The molecular formula is C21H24ClN3O2. The molecule has 1 fully saturated rings. The van der Waals surface area contributed by atoms with Gasteiger partial charge in [0.15, 0.2) is 0 Å². The Labute approximate surface area is 164 Å². The highest BCUT2D eigenvalue weighted by atomic mass is 35.5. The Hall–Kier alpha value is -2.37. The van der Waals surface area contributed by atoms with Gasteiger partial charge in [-0.1, -0.05) is 29.8 Å². The number of rotatable bonds is 5. The SMILES string of the molecule is Cc1c(NC(=O)C2CCN(Cc3cccc(Cl)c3)CC2)cccc1C(N)=O. The van der Waals surface area contributed by atoms with Crippen molar-refractivity contribution in [3.8, 4) is 0 Å². The Bertz CT molecular complexity index is 845. The molecule has 6 heteroatoms. The monoisotopic (exact) mass is 385 g/mol. The topological polar surface area (TPSA) is 75.4 Å². The number of primary amides is 1. The molecule has 0 saturated carbocycles. The fourth-order valence-electron chi connectivity index (χ4n) is 3.52. The number of halogens is 1. The molecule has 0 bridgehead atoms. The number of hydrogen-bond donors (Lipinski definition) is 2. The lowest BCUT2D eigenvalue weighted by Crippen LogP contribution is -2.37. The van der Waals surface area contributed by atoms with Gasteiger partial charge in [0, 0.05) is 28.7 Å². The molecule has 5 nitrogen and oxygen atoms in total. The maximum Gasteiger partial charge on any atom is 0.249 e. The summed E-state index contributed by atoms with van der Waals surface area (Å²) < 4.78 is 0. The van der Waals surface area contributed by atoms with Gasteiger partial charge in [0.05, 0.1) is 0 Å². The van der Waals surface area contributed by atoms with Crippen LogP contribution in [0.3, 0.4) is 0 Å². The average Bonchev–Trinajstić information content (AvgIpc) is 2.64. The van der Waals surface area contributed by atoms with E-state index in [4.69, 9.17) is 17.3 Å². The zero-order valence-corrected chi connectivity index (χ0v) is 16.1. The van der Waals surface area contributed by atoms with Gasteiger partial charge in [-0.15, -0.1) is 0 Å². The number of nitrogens with zero attached hydrogens (tertiary/aromatic N) is 1. The van der Waals surface area contributed by atoms with Crippen molar-refractivity contribution >= 4 is 29.1 Å². The van der Waals surface area contributed by atoms with E-state index in [0.717, 1.165) is 37.5 Å². The molecule has 3 N–H and O–H groups in total. The lowest BCUT2D eigenvalue weighted by molar-refractivity contribution is -0.121. The summed E-state index contributed by atoms with van der Waals surface area (Å²) in [5, 5.41) is 3.71. The highest BCUT2D eigenvalue weighted by molar-refractivity contribution is 6.30. The first-order valence-electron chi connectivity index (χ1n) is 9.11. The number of hydrogen-bond acceptors (Lipinski definition) is 3. The van der Waals surface area contributed by atoms with E-state index in [9.17, 15) is 9.59 Å². The zero-order valence-electron chi connectivity index (χ0n) is 15.4. The summed E-state index contributed by atoms with van der Waals surface area (Å²) >= 11 is 6.05. The van der Waals surface area contributed by atoms with Crippen LogP contribution in [0.1, 0.15) is 34.3 Å². The van der Waals surface area contributed by atoms with E-state index in [0.29, 0.717) is 16.8 Å². The van der Waals surface area contributed by atoms with Crippen molar-refractivity contribution in [1.29, 1.82) is 0 Å². The predicted octanol–water partition coefficient (Wildman–Crippen LogP) is 3.60. The van der Waals surface area contributed by atoms with Crippen LogP contribution in [-0.4, -0.2) is 29.8 Å².